The SMILES string of the molecule is CC(C)(C)c1cc(N2CCc3ncsc3C2)nc(C(C)(C)C)n1. The van der Waals surface area contributed by atoms with Crippen molar-refractivity contribution in [2.24, 2.45) is 0 Å². The minimum Gasteiger partial charge on any atom is -0.351 e. The Labute approximate surface area is 143 Å². The summed E-state index contributed by atoms with van der Waals surface area (Å²) in [6.07, 6.45) is 0.999. The molecule has 3 rings (SSSR count). The van der Waals surface area contributed by atoms with Gasteiger partial charge in [0.1, 0.15) is 11.6 Å². The van der Waals surface area contributed by atoms with Gasteiger partial charge < -0.3 is 4.90 Å². The van der Waals surface area contributed by atoms with Crippen LogP contribution in [0, 0.1) is 0 Å². The van der Waals surface area contributed by atoms with Gasteiger partial charge in [-0.2, -0.15) is 0 Å². The molecule has 2 aromatic heterocycles. The van der Waals surface area contributed by atoms with E-state index in [-0.39, 0.29) is 10.8 Å². The van der Waals surface area contributed by atoms with Crippen LogP contribution in [-0.4, -0.2) is 21.5 Å². The second-order valence-electron chi connectivity index (χ2n) is 8.33. The van der Waals surface area contributed by atoms with Crippen molar-refractivity contribution in [1.82, 2.24) is 15.0 Å². The van der Waals surface area contributed by atoms with E-state index in [1.807, 2.05) is 5.51 Å². The third-order valence-corrected chi connectivity index (χ3v) is 5.01. The Morgan fingerprint density at radius 3 is 2.43 bits per heavy atom. The molecule has 0 bridgehead atoms. The highest BCUT2D eigenvalue weighted by atomic mass is 32.1. The first-order valence-electron chi connectivity index (χ1n) is 8.21. The average Bonchev–Trinajstić information content (AvgIpc) is 2.92. The lowest BCUT2D eigenvalue weighted by Crippen LogP contribution is -2.32. The molecule has 0 N–H and O–H groups in total. The van der Waals surface area contributed by atoms with Gasteiger partial charge in [0.2, 0.25) is 0 Å². The van der Waals surface area contributed by atoms with Crippen LogP contribution >= 0.6 is 11.3 Å². The Hall–Kier alpha value is -1.49. The van der Waals surface area contributed by atoms with E-state index >= 15 is 0 Å². The Morgan fingerprint density at radius 2 is 1.78 bits per heavy atom. The van der Waals surface area contributed by atoms with Crippen LogP contribution in [0.15, 0.2) is 11.6 Å². The molecule has 0 spiro atoms. The smallest absolute Gasteiger partial charge is 0.136 e. The zero-order valence-corrected chi connectivity index (χ0v) is 15.8. The van der Waals surface area contributed by atoms with Gasteiger partial charge in [-0.3, -0.25) is 0 Å². The van der Waals surface area contributed by atoms with Gasteiger partial charge in [-0.25, -0.2) is 15.0 Å². The van der Waals surface area contributed by atoms with Crippen molar-refractivity contribution in [3.63, 3.8) is 0 Å². The number of thiazole rings is 1. The van der Waals surface area contributed by atoms with Crippen LogP contribution in [0.5, 0.6) is 0 Å². The summed E-state index contributed by atoms with van der Waals surface area (Å²) in [5, 5.41) is 0. The lowest BCUT2D eigenvalue weighted by Gasteiger charge is -2.30. The molecule has 0 fully saturated rings. The van der Waals surface area contributed by atoms with E-state index in [1.54, 1.807) is 11.3 Å². The number of nitrogens with zero attached hydrogens (tertiary/aromatic N) is 4. The highest BCUT2D eigenvalue weighted by Crippen LogP contribution is 2.31. The van der Waals surface area contributed by atoms with E-state index in [0.717, 1.165) is 36.8 Å². The molecule has 0 aliphatic carbocycles. The molecule has 4 nitrogen and oxygen atoms in total. The van der Waals surface area contributed by atoms with E-state index in [1.165, 1.54) is 10.6 Å². The predicted molar refractivity (Wildman–Crippen MR) is 96.3 cm³/mol. The van der Waals surface area contributed by atoms with Crippen molar-refractivity contribution < 1.29 is 0 Å². The summed E-state index contributed by atoms with van der Waals surface area (Å²) < 4.78 is 0. The zero-order chi connectivity index (χ0) is 16.8. The molecule has 23 heavy (non-hydrogen) atoms. The van der Waals surface area contributed by atoms with Crippen molar-refractivity contribution in [2.45, 2.75) is 65.3 Å². The molecule has 0 saturated carbocycles. The predicted octanol–water partition coefficient (Wildman–Crippen LogP) is 4.09. The van der Waals surface area contributed by atoms with Crippen LogP contribution in [0.4, 0.5) is 5.82 Å². The summed E-state index contributed by atoms with van der Waals surface area (Å²) in [5.74, 6) is 1.98. The number of fused-ring (bicyclic) bond motifs is 1. The normalized spacial score (nSPS) is 15.7. The molecule has 124 valence electrons. The van der Waals surface area contributed by atoms with Crippen molar-refractivity contribution in [3.8, 4) is 0 Å². The van der Waals surface area contributed by atoms with Crippen LogP contribution in [-0.2, 0) is 23.8 Å². The Morgan fingerprint density at radius 1 is 1.04 bits per heavy atom. The first-order valence-corrected chi connectivity index (χ1v) is 9.09. The molecular formula is C18H26N4S. The van der Waals surface area contributed by atoms with Crippen LogP contribution in [0.1, 0.15) is 63.6 Å². The first-order chi connectivity index (χ1) is 10.6. The molecular weight excluding hydrogens is 304 g/mol. The highest BCUT2D eigenvalue weighted by molar-refractivity contribution is 7.09. The maximum Gasteiger partial charge on any atom is 0.136 e. The second-order valence-corrected chi connectivity index (χ2v) is 9.27. The van der Waals surface area contributed by atoms with Gasteiger partial charge >= 0.3 is 0 Å². The molecule has 1 aliphatic heterocycles. The molecule has 0 amide bonds. The first kappa shape index (κ1) is 16.4. The average molecular weight is 331 g/mol. The zero-order valence-electron chi connectivity index (χ0n) is 15.0. The topological polar surface area (TPSA) is 41.9 Å². The third-order valence-electron chi connectivity index (χ3n) is 4.15. The summed E-state index contributed by atoms with van der Waals surface area (Å²) in [4.78, 5) is 17.9. The highest BCUT2D eigenvalue weighted by Gasteiger charge is 2.26. The molecule has 3 heterocycles. The molecule has 5 heteroatoms. The van der Waals surface area contributed by atoms with Gasteiger partial charge in [0.15, 0.2) is 0 Å². The molecule has 0 unspecified atom stereocenters. The van der Waals surface area contributed by atoms with Crippen LogP contribution in [0.2, 0.25) is 0 Å². The van der Waals surface area contributed by atoms with Crippen molar-refractivity contribution >= 4 is 17.2 Å². The van der Waals surface area contributed by atoms with Crippen LogP contribution < -0.4 is 4.90 Å². The minimum absolute atomic E-state index is 0.0170. The Balaban J connectivity index is 2.02. The number of anilines is 1. The van der Waals surface area contributed by atoms with E-state index in [0.29, 0.717) is 0 Å². The van der Waals surface area contributed by atoms with Gasteiger partial charge in [0.25, 0.3) is 0 Å². The molecule has 0 atom stereocenters. The standard InChI is InChI=1S/C18H26N4S/c1-17(2,3)14-9-15(21-16(20-14)18(4,5)6)22-8-7-12-13(10-22)23-11-19-12/h9,11H,7-8,10H2,1-6H3. The van der Waals surface area contributed by atoms with E-state index in [4.69, 9.17) is 9.97 Å². The van der Waals surface area contributed by atoms with Gasteiger partial charge in [-0.05, 0) is 0 Å². The molecule has 0 aromatic carbocycles. The van der Waals surface area contributed by atoms with Crippen molar-refractivity contribution in [3.05, 3.63) is 33.7 Å². The largest absolute Gasteiger partial charge is 0.351 e. The Bertz CT molecular complexity index is 674. The van der Waals surface area contributed by atoms with Gasteiger partial charge in [-0.1, -0.05) is 41.5 Å². The second kappa shape index (κ2) is 5.55. The van der Waals surface area contributed by atoms with E-state index in [9.17, 15) is 0 Å². The Kier molecular flexibility index (Phi) is 3.95. The fourth-order valence-electron chi connectivity index (χ4n) is 2.63. The molecule has 0 saturated heterocycles. The quantitative estimate of drug-likeness (QED) is 0.790. The van der Waals surface area contributed by atoms with E-state index < -0.39 is 0 Å². The minimum atomic E-state index is -0.0541. The monoisotopic (exact) mass is 330 g/mol. The molecule has 2 aromatic rings. The lowest BCUT2D eigenvalue weighted by atomic mass is 9.90. The van der Waals surface area contributed by atoms with Crippen LogP contribution in [0.25, 0.3) is 0 Å². The summed E-state index contributed by atoms with van der Waals surface area (Å²) in [5.41, 5.74) is 4.29. The van der Waals surface area contributed by atoms with Crippen LogP contribution in [0.3, 0.4) is 0 Å². The number of hydrogen-bond donors (Lipinski definition) is 0. The van der Waals surface area contributed by atoms with Crippen molar-refractivity contribution in [1.29, 1.82) is 0 Å². The summed E-state index contributed by atoms with van der Waals surface area (Å²) in [6.45, 7) is 15.0. The molecule has 0 radical (unpaired) electrons. The lowest BCUT2D eigenvalue weighted by molar-refractivity contribution is 0.511. The number of aromatic nitrogens is 3. The van der Waals surface area contributed by atoms with Gasteiger partial charge in [-0.15, -0.1) is 11.3 Å². The van der Waals surface area contributed by atoms with Gasteiger partial charge in [0.05, 0.1) is 23.4 Å². The fourth-order valence-corrected chi connectivity index (χ4v) is 3.46. The van der Waals surface area contributed by atoms with E-state index in [2.05, 4.69) is 57.5 Å². The summed E-state index contributed by atoms with van der Waals surface area (Å²) in [7, 11) is 0. The third kappa shape index (κ3) is 3.39. The maximum absolute atomic E-state index is 4.90. The fraction of sp³-hybridized carbons (Fsp3) is 0.611. The van der Waals surface area contributed by atoms with Gasteiger partial charge in [0, 0.05) is 34.7 Å². The summed E-state index contributed by atoms with van der Waals surface area (Å²) >= 11 is 1.75. The summed E-state index contributed by atoms with van der Waals surface area (Å²) in [6, 6.07) is 2.17. The maximum atomic E-state index is 4.90. The number of rotatable bonds is 1. The van der Waals surface area contributed by atoms with Crippen molar-refractivity contribution in [2.75, 3.05) is 11.4 Å². The molecule has 1 aliphatic rings. The number of hydrogen-bond acceptors (Lipinski definition) is 5.